The molecular weight excluding hydrogens is 414 g/mol. The Bertz CT molecular complexity index is 1140. The average molecular weight is 433 g/mol. The van der Waals surface area contributed by atoms with Gasteiger partial charge in [0.25, 0.3) is 11.6 Å². The molecule has 3 rings (SSSR count). The van der Waals surface area contributed by atoms with E-state index in [0.29, 0.717) is 11.3 Å². The fraction of sp³-hybridized carbons (Fsp3) is 0.0870. The Morgan fingerprint density at radius 2 is 1.75 bits per heavy atom. The van der Waals surface area contributed by atoms with E-state index >= 15 is 0 Å². The predicted octanol–water partition coefficient (Wildman–Crippen LogP) is 3.65. The summed E-state index contributed by atoms with van der Waals surface area (Å²) in [4.78, 5) is 34.2. The van der Waals surface area contributed by atoms with Crippen molar-refractivity contribution in [3.05, 3.63) is 99.6 Å². The molecular formula is C23H19N3O6. The number of rotatable bonds is 8. The van der Waals surface area contributed by atoms with Crippen LogP contribution in [0.1, 0.15) is 21.5 Å². The van der Waals surface area contributed by atoms with Gasteiger partial charge in [-0.2, -0.15) is 5.10 Å². The van der Waals surface area contributed by atoms with E-state index in [1.165, 1.54) is 30.5 Å². The van der Waals surface area contributed by atoms with Crippen LogP contribution in [0.15, 0.2) is 77.9 Å². The minimum Gasteiger partial charge on any atom is -0.484 e. The van der Waals surface area contributed by atoms with Crippen LogP contribution in [0.5, 0.6) is 11.5 Å². The number of amides is 1. The maximum atomic E-state index is 12.2. The monoisotopic (exact) mass is 433 g/mol. The van der Waals surface area contributed by atoms with Crippen molar-refractivity contribution in [2.45, 2.75) is 6.92 Å². The number of hydrogen-bond donors (Lipinski definition) is 1. The minimum atomic E-state index is -0.657. The highest BCUT2D eigenvalue weighted by molar-refractivity contribution is 5.91. The number of non-ortho nitro benzene ring substituents is 1. The van der Waals surface area contributed by atoms with E-state index in [0.717, 1.165) is 5.56 Å². The normalized spacial score (nSPS) is 10.5. The summed E-state index contributed by atoms with van der Waals surface area (Å²) in [5.41, 5.74) is 4.09. The largest absolute Gasteiger partial charge is 0.484 e. The number of carbonyl (C=O) groups excluding carboxylic acids is 2. The Labute approximate surface area is 183 Å². The molecule has 3 aromatic carbocycles. The zero-order valence-corrected chi connectivity index (χ0v) is 17.1. The van der Waals surface area contributed by atoms with Crippen LogP contribution in [0, 0.1) is 17.0 Å². The molecule has 9 nitrogen and oxygen atoms in total. The van der Waals surface area contributed by atoms with Gasteiger partial charge in [0.2, 0.25) is 0 Å². The van der Waals surface area contributed by atoms with Crippen LogP contribution in [0.4, 0.5) is 5.69 Å². The maximum absolute atomic E-state index is 12.2. The third kappa shape index (κ3) is 6.49. The van der Waals surface area contributed by atoms with Gasteiger partial charge in [0, 0.05) is 12.1 Å². The van der Waals surface area contributed by atoms with E-state index in [9.17, 15) is 19.7 Å². The lowest BCUT2D eigenvalue weighted by Crippen LogP contribution is -2.24. The highest BCUT2D eigenvalue weighted by Gasteiger charge is 2.11. The molecule has 1 N–H and O–H groups in total. The number of ether oxygens (including phenoxy) is 2. The highest BCUT2D eigenvalue weighted by atomic mass is 16.6. The first-order valence-corrected chi connectivity index (χ1v) is 9.49. The van der Waals surface area contributed by atoms with E-state index < -0.39 is 16.8 Å². The lowest BCUT2D eigenvalue weighted by Gasteiger charge is -2.06. The topological polar surface area (TPSA) is 120 Å². The van der Waals surface area contributed by atoms with Crippen molar-refractivity contribution in [1.82, 2.24) is 5.43 Å². The summed E-state index contributed by atoms with van der Waals surface area (Å²) in [5, 5.41) is 14.6. The predicted molar refractivity (Wildman–Crippen MR) is 117 cm³/mol. The van der Waals surface area contributed by atoms with Crippen LogP contribution in [-0.2, 0) is 4.79 Å². The first-order valence-electron chi connectivity index (χ1n) is 9.49. The molecule has 0 bridgehead atoms. The Balaban J connectivity index is 1.51. The van der Waals surface area contributed by atoms with Gasteiger partial charge in [-0.1, -0.05) is 29.8 Å². The van der Waals surface area contributed by atoms with E-state index in [4.69, 9.17) is 9.47 Å². The summed E-state index contributed by atoms with van der Waals surface area (Å²) >= 11 is 0. The van der Waals surface area contributed by atoms with Gasteiger partial charge in [-0.15, -0.1) is 0 Å². The number of hydrogen-bond acceptors (Lipinski definition) is 7. The fourth-order valence-corrected chi connectivity index (χ4v) is 2.54. The van der Waals surface area contributed by atoms with Crippen LogP contribution in [-0.4, -0.2) is 29.6 Å². The van der Waals surface area contributed by atoms with E-state index in [1.54, 1.807) is 36.4 Å². The number of esters is 1. The molecule has 0 saturated carbocycles. The summed E-state index contributed by atoms with van der Waals surface area (Å²) in [6.45, 7) is 1.77. The second-order valence-electron chi connectivity index (χ2n) is 6.66. The lowest BCUT2D eigenvalue weighted by atomic mass is 10.2. The summed E-state index contributed by atoms with van der Waals surface area (Å²) in [6, 6.07) is 18.9. The average Bonchev–Trinajstić information content (AvgIpc) is 2.79. The number of nitro benzene ring substituents is 1. The van der Waals surface area contributed by atoms with E-state index in [-0.39, 0.29) is 23.6 Å². The van der Waals surface area contributed by atoms with Gasteiger partial charge in [-0.05, 0) is 48.9 Å². The summed E-state index contributed by atoms with van der Waals surface area (Å²) in [6.07, 6.45) is 1.40. The standard InChI is InChI=1S/C23H19N3O6/c1-16-5-11-20(12-6-16)31-15-22(27)25-24-14-17-3-2-4-21(13-17)32-23(28)18-7-9-19(10-8-18)26(29)30/h2-14H,15H2,1H3,(H,25,27). The molecule has 0 aromatic heterocycles. The zero-order chi connectivity index (χ0) is 22.9. The summed E-state index contributed by atoms with van der Waals surface area (Å²) < 4.78 is 10.7. The molecule has 0 unspecified atom stereocenters. The quantitative estimate of drug-likeness (QED) is 0.190. The van der Waals surface area contributed by atoms with E-state index in [2.05, 4.69) is 10.5 Å². The molecule has 0 heterocycles. The second kappa shape index (κ2) is 10.5. The van der Waals surface area contributed by atoms with Crippen molar-refractivity contribution in [3.8, 4) is 11.5 Å². The zero-order valence-electron chi connectivity index (χ0n) is 17.1. The van der Waals surface area contributed by atoms with Gasteiger partial charge in [-0.25, -0.2) is 10.2 Å². The van der Waals surface area contributed by atoms with Gasteiger partial charge in [-0.3, -0.25) is 14.9 Å². The van der Waals surface area contributed by atoms with Gasteiger partial charge in [0.05, 0.1) is 16.7 Å². The summed E-state index contributed by atoms with van der Waals surface area (Å²) in [5.74, 6) is -0.248. The lowest BCUT2D eigenvalue weighted by molar-refractivity contribution is -0.384. The van der Waals surface area contributed by atoms with Crippen LogP contribution in [0.2, 0.25) is 0 Å². The highest BCUT2D eigenvalue weighted by Crippen LogP contribution is 2.17. The van der Waals surface area contributed by atoms with Gasteiger partial charge < -0.3 is 9.47 Å². The van der Waals surface area contributed by atoms with Crippen LogP contribution in [0.3, 0.4) is 0 Å². The van der Waals surface area contributed by atoms with Gasteiger partial charge >= 0.3 is 5.97 Å². The number of hydrazone groups is 1. The second-order valence-corrected chi connectivity index (χ2v) is 6.66. The van der Waals surface area contributed by atoms with Crippen LogP contribution < -0.4 is 14.9 Å². The van der Waals surface area contributed by atoms with Crippen LogP contribution in [0.25, 0.3) is 0 Å². The number of aryl methyl sites for hydroxylation is 1. The SMILES string of the molecule is Cc1ccc(OCC(=O)NN=Cc2cccc(OC(=O)c3ccc([N+](=O)[O-])cc3)c2)cc1. The Kier molecular flexibility index (Phi) is 7.26. The Hall–Kier alpha value is -4.53. The minimum absolute atomic E-state index is 0.119. The third-order valence-corrected chi connectivity index (χ3v) is 4.18. The molecule has 162 valence electrons. The number of nitro groups is 1. The first kappa shape index (κ1) is 22.2. The summed E-state index contributed by atoms with van der Waals surface area (Å²) in [7, 11) is 0. The Morgan fingerprint density at radius 3 is 2.44 bits per heavy atom. The molecule has 0 spiro atoms. The van der Waals surface area contributed by atoms with Crippen LogP contribution >= 0.6 is 0 Å². The molecule has 0 saturated heterocycles. The van der Waals surface area contributed by atoms with Gasteiger partial charge in [0.1, 0.15) is 11.5 Å². The smallest absolute Gasteiger partial charge is 0.343 e. The molecule has 32 heavy (non-hydrogen) atoms. The van der Waals surface area contributed by atoms with Crippen molar-refractivity contribution in [2.75, 3.05) is 6.61 Å². The molecule has 0 fully saturated rings. The maximum Gasteiger partial charge on any atom is 0.343 e. The number of nitrogens with one attached hydrogen (secondary N) is 1. The van der Waals surface area contributed by atoms with Crippen molar-refractivity contribution in [2.24, 2.45) is 5.10 Å². The molecule has 3 aromatic rings. The molecule has 0 radical (unpaired) electrons. The van der Waals surface area contributed by atoms with Crippen molar-refractivity contribution in [1.29, 1.82) is 0 Å². The third-order valence-electron chi connectivity index (χ3n) is 4.18. The molecule has 0 atom stereocenters. The number of carbonyl (C=O) groups is 2. The molecule has 0 aliphatic carbocycles. The van der Waals surface area contributed by atoms with Crippen molar-refractivity contribution < 1.29 is 24.0 Å². The van der Waals surface area contributed by atoms with E-state index in [1.807, 2.05) is 19.1 Å². The molecule has 1 amide bonds. The fourth-order valence-electron chi connectivity index (χ4n) is 2.54. The van der Waals surface area contributed by atoms with Gasteiger partial charge in [0.15, 0.2) is 6.61 Å². The number of benzene rings is 3. The molecule has 9 heteroatoms. The number of nitrogens with zero attached hydrogens (tertiary/aromatic N) is 2. The molecule has 0 aliphatic rings. The van der Waals surface area contributed by atoms with Crippen molar-refractivity contribution in [3.63, 3.8) is 0 Å². The molecule has 0 aliphatic heterocycles. The Morgan fingerprint density at radius 1 is 1.03 bits per heavy atom. The van der Waals surface area contributed by atoms with Crippen molar-refractivity contribution >= 4 is 23.8 Å². The first-order chi connectivity index (χ1) is 15.4.